The Hall–Kier alpha value is -7.04. The fourth-order valence-electron chi connectivity index (χ4n) is 17.3. The average Bonchev–Trinajstić information content (AvgIpc) is 1.57. The number of benzene rings is 8. The molecule has 0 radical (unpaired) electrons. The van der Waals surface area contributed by atoms with E-state index in [1.807, 2.05) is 0 Å². The first-order valence-corrected chi connectivity index (χ1v) is 41.7. The Kier molecular flexibility index (Phi) is 27.9. The molecule has 12 rings (SSSR count). The van der Waals surface area contributed by atoms with Gasteiger partial charge in [0, 0.05) is 113 Å². The van der Waals surface area contributed by atoms with E-state index in [-0.39, 0.29) is 0 Å². The Bertz CT molecular complexity index is 4160. The standard InChI is InChI=1S/C96H126N4/c1-5-9-13-17-21-25-29-33-37-45-65-97-89-51-43-41-49-81(89)85-71-95-87(73-93(85)97)83-63-61-79(69-91(83)99(95)67-47-39-35-31-27-23-19-15-11-7-3)77-57-53-75(54-58-77)76-55-59-78(60-56-76)80-62-64-84-88-74-94-86(72-96(88)100(92(84)70-80)68-48-40-36-32-28-24-20-16-12-8-4)82-50-42-44-52-90(82)98(94)66-46-38-34-30-26-22-18-14-10-6-2/h41-44,49-64,69-74H,5-40,45-48,65-68H2,1-4H3. The maximum Gasteiger partial charge on any atom is 0.0499 e. The Balaban J connectivity index is 0.784. The van der Waals surface area contributed by atoms with Crippen LogP contribution in [0.3, 0.4) is 0 Å². The largest absolute Gasteiger partial charge is 0.340 e. The molecule has 12 aromatic rings. The Morgan fingerprint density at radius 1 is 0.160 bits per heavy atom. The van der Waals surface area contributed by atoms with Crippen molar-refractivity contribution in [2.75, 3.05) is 0 Å². The van der Waals surface area contributed by atoms with E-state index in [1.165, 1.54) is 377 Å². The lowest BCUT2D eigenvalue weighted by atomic mass is 9.97. The predicted octanol–water partition coefficient (Wildman–Crippen LogP) is 30.8. The summed E-state index contributed by atoms with van der Waals surface area (Å²) in [5.74, 6) is 0. The van der Waals surface area contributed by atoms with Gasteiger partial charge < -0.3 is 18.3 Å². The molecule has 530 valence electrons. The summed E-state index contributed by atoms with van der Waals surface area (Å²) in [4.78, 5) is 0. The fourth-order valence-corrected chi connectivity index (χ4v) is 17.3. The summed E-state index contributed by atoms with van der Waals surface area (Å²) in [6.07, 6.45) is 54.2. The highest BCUT2D eigenvalue weighted by molar-refractivity contribution is 6.20. The first kappa shape index (κ1) is 72.7. The van der Waals surface area contributed by atoms with Gasteiger partial charge in [-0.05, 0) is 108 Å². The summed E-state index contributed by atoms with van der Waals surface area (Å²) in [5, 5.41) is 11.1. The molecule has 4 heteroatoms. The number of rotatable bonds is 47. The highest BCUT2D eigenvalue weighted by Gasteiger charge is 2.21. The van der Waals surface area contributed by atoms with E-state index in [0.717, 1.165) is 26.2 Å². The Morgan fingerprint density at radius 3 is 0.610 bits per heavy atom. The van der Waals surface area contributed by atoms with Crippen molar-refractivity contribution < 1.29 is 0 Å². The van der Waals surface area contributed by atoms with Crippen LogP contribution < -0.4 is 0 Å². The predicted molar refractivity (Wildman–Crippen MR) is 442 cm³/mol. The minimum absolute atomic E-state index is 1.05. The molecule has 0 saturated heterocycles. The van der Waals surface area contributed by atoms with Crippen LogP contribution in [0.1, 0.15) is 285 Å². The van der Waals surface area contributed by atoms with Crippen LogP contribution in [0.4, 0.5) is 0 Å². The molecule has 0 atom stereocenters. The first-order chi connectivity index (χ1) is 49.6. The van der Waals surface area contributed by atoms with Gasteiger partial charge in [0.25, 0.3) is 0 Å². The van der Waals surface area contributed by atoms with Gasteiger partial charge in [-0.25, -0.2) is 0 Å². The zero-order valence-electron chi connectivity index (χ0n) is 62.9. The van der Waals surface area contributed by atoms with Crippen LogP contribution >= 0.6 is 0 Å². The summed E-state index contributed by atoms with van der Waals surface area (Å²) >= 11 is 0. The van der Waals surface area contributed by atoms with Crippen LogP contribution in [-0.4, -0.2) is 18.3 Å². The lowest BCUT2D eigenvalue weighted by molar-refractivity contribution is 0.541. The normalized spacial score (nSPS) is 12.2. The van der Waals surface area contributed by atoms with Crippen molar-refractivity contribution in [2.24, 2.45) is 0 Å². The molecule has 8 aromatic carbocycles. The van der Waals surface area contributed by atoms with Gasteiger partial charge in [-0.3, -0.25) is 0 Å². The summed E-state index contributed by atoms with van der Waals surface area (Å²) in [7, 11) is 0. The molecule has 0 bridgehead atoms. The van der Waals surface area contributed by atoms with Gasteiger partial charge in [0.05, 0.1) is 0 Å². The zero-order chi connectivity index (χ0) is 68.5. The van der Waals surface area contributed by atoms with Gasteiger partial charge in [0.15, 0.2) is 0 Å². The lowest BCUT2D eigenvalue weighted by Gasteiger charge is -2.11. The maximum atomic E-state index is 2.71. The van der Waals surface area contributed by atoms with Crippen LogP contribution in [0.2, 0.25) is 0 Å². The summed E-state index contributed by atoms with van der Waals surface area (Å²) in [5.41, 5.74) is 18.7. The third-order valence-corrected chi connectivity index (χ3v) is 23.2. The summed E-state index contributed by atoms with van der Waals surface area (Å²) < 4.78 is 10.7. The number of aromatic nitrogens is 4. The minimum atomic E-state index is 1.05. The van der Waals surface area contributed by atoms with Crippen molar-refractivity contribution in [2.45, 2.75) is 311 Å². The number of unbranched alkanes of at least 4 members (excludes halogenated alkanes) is 36. The van der Waals surface area contributed by atoms with E-state index in [1.54, 1.807) is 0 Å². The number of hydrogen-bond acceptors (Lipinski definition) is 0. The van der Waals surface area contributed by atoms with E-state index in [4.69, 9.17) is 0 Å². The van der Waals surface area contributed by atoms with Crippen LogP contribution in [0, 0.1) is 0 Å². The molecule has 0 N–H and O–H groups in total. The lowest BCUT2D eigenvalue weighted by Crippen LogP contribution is -1.99. The average molecular weight is 1340 g/mol. The number of aryl methyl sites for hydroxylation is 4. The van der Waals surface area contributed by atoms with Gasteiger partial charge >= 0.3 is 0 Å². The molecule has 4 nitrogen and oxygen atoms in total. The molecule has 0 amide bonds. The van der Waals surface area contributed by atoms with Crippen molar-refractivity contribution in [3.05, 3.63) is 158 Å². The van der Waals surface area contributed by atoms with Crippen molar-refractivity contribution in [1.29, 1.82) is 0 Å². The van der Waals surface area contributed by atoms with E-state index in [2.05, 4.69) is 204 Å². The molecule has 0 spiro atoms. The molecular weight excluding hydrogens is 1210 g/mol. The molecule has 0 aliphatic carbocycles. The summed E-state index contributed by atoms with van der Waals surface area (Å²) in [6.45, 7) is 13.5. The van der Waals surface area contributed by atoms with E-state index in [9.17, 15) is 0 Å². The van der Waals surface area contributed by atoms with Gasteiger partial charge in [-0.1, -0.05) is 368 Å². The monoisotopic (exact) mass is 1330 g/mol. The molecule has 0 aliphatic heterocycles. The first-order valence-electron chi connectivity index (χ1n) is 41.7. The summed E-state index contributed by atoms with van der Waals surface area (Å²) in [6, 6.07) is 62.4. The third-order valence-electron chi connectivity index (χ3n) is 23.2. The van der Waals surface area contributed by atoms with Crippen molar-refractivity contribution >= 4 is 87.2 Å². The van der Waals surface area contributed by atoms with Crippen molar-refractivity contribution in [3.8, 4) is 33.4 Å². The number of nitrogens with zero attached hydrogens (tertiary/aromatic N) is 4. The minimum Gasteiger partial charge on any atom is -0.340 e. The third kappa shape index (κ3) is 18.2. The second-order valence-corrected chi connectivity index (χ2v) is 30.8. The van der Waals surface area contributed by atoms with Crippen LogP contribution in [0.25, 0.3) is 121 Å². The Labute approximate surface area is 603 Å². The highest BCUT2D eigenvalue weighted by atomic mass is 15.0. The van der Waals surface area contributed by atoms with Crippen LogP contribution in [0.15, 0.2) is 158 Å². The second kappa shape index (κ2) is 38.3. The number of fused-ring (bicyclic) bond motifs is 12. The topological polar surface area (TPSA) is 19.7 Å². The second-order valence-electron chi connectivity index (χ2n) is 30.8. The van der Waals surface area contributed by atoms with Crippen LogP contribution in [-0.2, 0) is 26.2 Å². The van der Waals surface area contributed by atoms with Crippen LogP contribution in [0.5, 0.6) is 0 Å². The fraction of sp³-hybridized carbons (Fsp3) is 0.500. The number of hydrogen-bond donors (Lipinski definition) is 0. The van der Waals surface area contributed by atoms with E-state index in [0.29, 0.717) is 0 Å². The van der Waals surface area contributed by atoms with Gasteiger partial charge in [-0.15, -0.1) is 0 Å². The van der Waals surface area contributed by atoms with Crippen molar-refractivity contribution in [3.63, 3.8) is 0 Å². The Morgan fingerprint density at radius 2 is 0.350 bits per heavy atom. The van der Waals surface area contributed by atoms with Crippen molar-refractivity contribution in [1.82, 2.24) is 18.3 Å². The molecule has 0 unspecified atom stereocenters. The molecule has 0 aliphatic rings. The zero-order valence-corrected chi connectivity index (χ0v) is 62.9. The number of para-hydroxylation sites is 2. The van der Waals surface area contributed by atoms with E-state index >= 15 is 0 Å². The quantitative estimate of drug-likeness (QED) is 0.0339. The molecule has 100 heavy (non-hydrogen) atoms. The smallest absolute Gasteiger partial charge is 0.0499 e. The van der Waals surface area contributed by atoms with Gasteiger partial charge in [0.1, 0.15) is 0 Å². The molecular formula is C96H126N4. The molecule has 4 heterocycles. The maximum absolute atomic E-state index is 2.71. The molecule has 4 aromatic heterocycles. The van der Waals surface area contributed by atoms with Gasteiger partial charge in [0.2, 0.25) is 0 Å². The van der Waals surface area contributed by atoms with E-state index < -0.39 is 0 Å². The highest BCUT2D eigenvalue weighted by Crippen LogP contribution is 2.42. The SMILES string of the molecule is CCCCCCCCCCCCn1c2ccccc2c2cc3c(cc21)c1ccc(-c2ccc(-c4ccc(-c5ccc6c7cc8c(cc7n(CCCCCCCCCCCC)c6c5)c5ccccc5n8CCCCCCCCCCCC)cc4)cc2)cc1n3CCCCCCCCCCCC. The molecule has 0 fully saturated rings. The van der Waals surface area contributed by atoms with Gasteiger partial charge in [-0.2, -0.15) is 0 Å². The molecule has 0 saturated carbocycles.